The Hall–Kier alpha value is -4.02. The van der Waals surface area contributed by atoms with Gasteiger partial charge in [0.1, 0.15) is 11.2 Å². The van der Waals surface area contributed by atoms with E-state index >= 15 is 0 Å². The number of hydrogen-bond acceptors (Lipinski definition) is 8. The predicted molar refractivity (Wildman–Crippen MR) is 139 cm³/mol. The highest BCUT2D eigenvalue weighted by molar-refractivity contribution is 6.02. The van der Waals surface area contributed by atoms with Crippen molar-refractivity contribution in [3.05, 3.63) is 41.7 Å². The molecule has 11 heteroatoms. The predicted octanol–water partition coefficient (Wildman–Crippen LogP) is 3.91. The minimum absolute atomic E-state index is 0.141. The van der Waals surface area contributed by atoms with Crippen LogP contribution in [0.3, 0.4) is 0 Å². The molecule has 1 fully saturated rings. The number of nitrogens with zero attached hydrogens (tertiary/aromatic N) is 7. The third-order valence-corrected chi connectivity index (χ3v) is 5.76. The van der Waals surface area contributed by atoms with Crippen LogP contribution in [0.4, 0.5) is 10.7 Å². The van der Waals surface area contributed by atoms with Crippen molar-refractivity contribution in [1.82, 2.24) is 29.4 Å². The highest BCUT2D eigenvalue weighted by Gasteiger charge is 2.32. The zero-order chi connectivity index (χ0) is 26.7. The van der Waals surface area contributed by atoms with E-state index in [1.165, 1.54) is 11.6 Å². The molecule has 1 aliphatic rings. The van der Waals surface area contributed by atoms with Crippen LogP contribution in [0.25, 0.3) is 16.9 Å². The lowest BCUT2D eigenvalue weighted by Gasteiger charge is -2.33. The highest BCUT2D eigenvalue weighted by Crippen LogP contribution is 2.31. The van der Waals surface area contributed by atoms with E-state index in [2.05, 4.69) is 4.99 Å². The molecule has 0 spiro atoms. The van der Waals surface area contributed by atoms with Gasteiger partial charge in [-0.15, -0.1) is 5.10 Å². The number of aromatic nitrogens is 4. The number of esters is 1. The molecule has 1 atom stereocenters. The molecule has 37 heavy (non-hydrogen) atoms. The Labute approximate surface area is 216 Å². The van der Waals surface area contributed by atoms with Gasteiger partial charge in [0.15, 0.2) is 11.5 Å². The normalized spacial score (nSPS) is 16.3. The van der Waals surface area contributed by atoms with E-state index in [9.17, 15) is 9.59 Å². The van der Waals surface area contributed by atoms with E-state index in [4.69, 9.17) is 24.5 Å². The maximum absolute atomic E-state index is 13.0. The highest BCUT2D eigenvalue weighted by atomic mass is 16.6. The summed E-state index contributed by atoms with van der Waals surface area (Å²) in [6.07, 6.45) is 2.82. The third-order valence-electron chi connectivity index (χ3n) is 5.76. The van der Waals surface area contributed by atoms with E-state index in [0.29, 0.717) is 30.3 Å². The number of methoxy groups -OCH3 is 1. The summed E-state index contributed by atoms with van der Waals surface area (Å²) in [7, 11) is 5.02. The van der Waals surface area contributed by atoms with E-state index in [0.717, 1.165) is 18.4 Å². The number of aliphatic imine (C=N–C) groups is 1. The van der Waals surface area contributed by atoms with E-state index in [1.807, 2.05) is 65.2 Å². The van der Waals surface area contributed by atoms with Gasteiger partial charge in [-0.05, 0) is 33.6 Å². The van der Waals surface area contributed by atoms with Gasteiger partial charge in [-0.1, -0.05) is 30.3 Å². The van der Waals surface area contributed by atoms with Gasteiger partial charge in [0.25, 0.3) is 5.95 Å². The zero-order valence-corrected chi connectivity index (χ0v) is 22.1. The molecule has 1 aliphatic heterocycles. The number of amides is 1. The number of carbonyl (C=O) groups is 2. The lowest BCUT2D eigenvalue weighted by Crippen LogP contribution is -2.42. The first-order valence-corrected chi connectivity index (χ1v) is 12.2. The molecule has 0 bridgehead atoms. The summed E-state index contributed by atoms with van der Waals surface area (Å²) in [5.41, 5.74) is 1.06. The van der Waals surface area contributed by atoms with Crippen molar-refractivity contribution in [2.24, 2.45) is 4.99 Å². The first-order chi connectivity index (χ1) is 17.6. The lowest BCUT2D eigenvalue weighted by atomic mass is 9.98. The molecule has 0 saturated carbocycles. The first kappa shape index (κ1) is 26.1. The van der Waals surface area contributed by atoms with Crippen molar-refractivity contribution < 1.29 is 19.1 Å². The molecule has 1 aromatic carbocycles. The fourth-order valence-corrected chi connectivity index (χ4v) is 4.14. The fourth-order valence-electron chi connectivity index (χ4n) is 4.14. The second-order valence-corrected chi connectivity index (χ2v) is 10.2. The van der Waals surface area contributed by atoms with Crippen LogP contribution < -0.4 is 0 Å². The van der Waals surface area contributed by atoms with Crippen molar-refractivity contribution in [2.45, 2.75) is 45.1 Å². The standard InChI is InChI=1S/C26H33N7O4/c1-26(2,3)37-25(35)32-14-10-13-18(15-32)21-29-22-19(23(34)36-6)20(17-11-8-7-9-12-17)28-24(33(22)30-21)27-16-31(4)5/h7-9,11-12,16,18H,10,13-15H2,1-6H3/b27-16+/t18-/m1/s1. The monoisotopic (exact) mass is 507 g/mol. The number of likely N-dealkylation sites (tertiary alicyclic amines) is 1. The van der Waals surface area contributed by atoms with Crippen LogP contribution in [-0.2, 0) is 9.47 Å². The van der Waals surface area contributed by atoms with Crippen LogP contribution in [0.1, 0.15) is 55.7 Å². The summed E-state index contributed by atoms with van der Waals surface area (Å²) < 4.78 is 12.2. The Morgan fingerprint density at radius 2 is 1.89 bits per heavy atom. The van der Waals surface area contributed by atoms with E-state index in [1.54, 1.807) is 16.1 Å². The van der Waals surface area contributed by atoms with Crippen LogP contribution in [0.15, 0.2) is 35.3 Å². The van der Waals surface area contributed by atoms with Crippen molar-refractivity contribution in [1.29, 1.82) is 0 Å². The maximum Gasteiger partial charge on any atom is 0.410 e. The summed E-state index contributed by atoms with van der Waals surface area (Å²) in [4.78, 5) is 43.2. The summed E-state index contributed by atoms with van der Waals surface area (Å²) in [6.45, 7) is 6.55. The minimum Gasteiger partial charge on any atom is -0.465 e. The molecule has 0 aliphatic carbocycles. The molecular formula is C26H33N7O4. The Bertz CT molecular complexity index is 1310. The largest absolute Gasteiger partial charge is 0.465 e. The van der Waals surface area contributed by atoms with Crippen LogP contribution in [0, 0.1) is 0 Å². The number of ether oxygens (including phenoxy) is 2. The van der Waals surface area contributed by atoms with Gasteiger partial charge in [0.05, 0.1) is 19.1 Å². The summed E-state index contributed by atoms with van der Waals surface area (Å²) in [6, 6.07) is 9.35. The van der Waals surface area contributed by atoms with Gasteiger partial charge in [-0.25, -0.2) is 24.5 Å². The van der Waals surface area contributed by atoms with Gasteiger partial charge in [-0.2, -0.15) is 4.52 Å². The SMILES string of the molecule is COC(=O)c1c(-c2ccccc2)nc(/N=C/N(C)C)n2nc([C@@H]3CCCN(C(=O)OC(C)(C)C)C3)nc12. The van der Waals surface area contributed by atoms with Gasteiger partial charge in [0.2, 0.25) is 0 Å². The van der Waals surface area contributed by atoms with Crippen molar-refractivity contribution in [3.63, 3.8) is 0 Å². The van der Waals surface area contributed by atoms with Crippen LogP contribution in [0.5, 0.6) is 0 Å². The van der Waals surface area contributed by atoms with Crippen molar-refractivity contribution in [2.75, 3.05) is 34.3 Å². The van der Waals surface area contributed by atoms with Crippen molar-refractivity contribution >= 4 is 30.0 Å². The molecule has 3 heterocycles. The van der Waals surface area contributed by atoms with Gasteiger partial charge >= 0.3 is 12.1 Å². The average Bonchev–Trinajstić information content (AvgIpc) is 3.31. The Kier molecular flexibility index (Phi) is 7.42. The summed E-state index contributed by atoms with van der Waals surface area (Å²) >= 11 is 0. The smallest absolute Gasteiger partial charge is 0.410 e. The Balaban J connectivity index is 1.83. The second-order valence-electron chi connectivity index (χ2n) is 10.2. The van der Waals surface area contributed by atoms with E-state index in [-0.39, 0.29) is 23.5 Å². The second kappa shape index (κ2) is 10.5. The third kappa shape index (κ3) is 5.87. The van der Waals surface area contributed by atoms with Gasteiger partial charge < -0.3 is 19.3 Å². The number of benzene rings is 1. The Morgan fingerprint density at radius 3 is 2.54 bits per heavy atom. The van der Waals surface area contributed by atoms with E-state index < -0.39 is 11.6 Å². The van der Waals surface area contributed by atoms with Crippen LogP contribution in [0.2, 0.25) is 0 Å². The van der Waals surface area contributed by atoms with Gasteiger partial charge in [-0.3, -0.25) is 0 Å². The average molecular weight is 508 g/mol. The Morgan fingerprint density at radius 1 is 1.16 bits per heavy atom. The topological polar surface area (TPSA) is 115 Å². The first-order valence-electron chi connectivity index (χ1n) is 12.2. The maximum atomic E-state index is 13.0. The molecule has 1 saturated heterocycles. The van der Waals surface area contributed by atoms with Crippen molar-refractivity contribution in [3.8, 4) is 11.3 Å². The number of rotatable bonds is 5. The number of hydrogen-bond donors (Lipinski definition) is 0. The molecule has 2 aromatic heterocycles. The molecule has 1 amide bonds. The van der Waals surface area contributed by atoms with Crippen LogP contribution in [-0.4, -0.2) is 87.7 Å². The minimum atomic E-state index is -0.584. The van der Waals surface area contributed by atoms with Gasteiger partial charge in [0, 0.05) is 38.7 Å². The molecular weight excluding hydrogens is 474 g/mol. The zero-order valence-electron chi connectivity index (χ0n) is 22.1. The molecule has 0 N–H and O–H groups in total. The lowest BCUT2D eigenvalue weighted by molar-refractivity contribution is 0.0196. The quantitative estimate of drug-likeness (QED) is 0.290. The number of carbonyl (C=O) groups excluding carboxylic acids is 2. The molecule has 4 rings (SSSR count). The molecule has 11 nitrogen and oxygen atoms in total. The molecule has 196 valence electrons. The van der Waals surface area contributed by atoms with Crippen LogP contribution >= 0.6 is 0 Å². The number of piperidine rings is 1. The summed E-state index contributed by atoms with van der Waals surface area (Å²) in [5.74, 6) is 0.0653. The molecule has 0 unspecified atom stereocenters. The molecule has 0 radical (unpaired) electrons. The molecule has 3 aromatic rings. The summed E-state index contributed by atoms with van der Waals surface area (Å²) in [5, 5.41) is 4.72. The number of fused-ring (bicyclic) bond motifs is 1. The fraction of sp³-hybridized carbons (Fsp3) is 0.462.